The van der Waals surface area contributed by atoms with Crippen molar-refractivity contribution >= 4 is 29.1 Å². The first kappa shape index (κ1) is 21.5. The number of ether oxygens (including phenoxy) is 1. The average molecular weight is 461 g/mol. The van der Waals surface area contributed by atoms with Crippen LogP contribution in [0.4, 0.5) is 5.69 Å². The van der Waals surface area contributed by atoms with Crippen LogP contribution in [0.2, 0.25) is 5.02 Å². The molecule has 0 fully saturated rings. The number of hydrogen-bond acceptors (Lipinski definition) is 3. The third-order valence-electron chi connectivity index (χ3n) is 6.41. The van der Waals surface area contributed by atoms with Crippen molar-refractivity contribution in [2.24, 2.45) is 0 Å². The fourth-order valence-electron chi connectivity index (χ4n) is 4.75. The number of rotatable bonds is 3. The Morgan fingerprint density at radius 3 is 2.67 bits per heavy atom. The third kappa shape index (κ3) is 4.33. The molecule has 0 saturated heterocycles. The third-order valence-corrected chi connectivity index (χ3v) is 6.67. The number of anilines is 1. The van der Waals surface area contributed by atoms with Gasteiger partial charge in [-0.05, 0) is 79.8 Å². The standard InChI is InChI=1S/C27H25ClN2O3/c1-17-27(32)30(24-8-4-6-18-5-2-3-7-23(18)24)16-20-15-22(13-14-25(20)33-17)29-26(31)19-9-11-21(28)12-10-19/h2-3,5,7,9-15,17,24H,4,6,8,16H2,1H3,(H,29,31)/t17-,24+/m1/s1. The van der Waals surface area contributed by atoms with Crippen molar-refractivity contribution in [1.82, 2.24) is 4.90 Å². The molecule has 2 atom stereocenters. The van der Waals surface area contributed by atoms with Crippen LogP contribution in [0.15, 0.2) is 66.7 Å². The minimum absolute atomic E-state index is 0.0142. The Labute approximate surface area is 198 Å². The minimum atomic E-state index is -0.574. The minimum Gasteiger partial charge on any atom is -0.481 e. The fourth-order valence-corrected chi connectivity index (χ4v) is 4.88. The zero-order valence-corrected chi connectivity index (χ0v) is 19.1. The summed E-state index contributed by atoms with van der Waals surface area (Å²) in [6.07, 6.45) is 2.44. The van der Waals surface area contributed by atoms with E-state index in [4.69, 9.17) is 16.3 Å². The van der Waals surface area contributed by atoms with E-state index in [1.54, 1.807) is 37.3 Å². The summed E-state index contributed by atoms with van der Waals surface area (Å²) in [5.74, 6) is 0.440. The van der Waals surface area contributed by atoms with Crippen molar-refractivity contribution < 1.29 is 14.3 Å². The number of fused-ring (bicyclic) bond motifs is 2. The molecule has 0 aromatic heterocycles. The number of carbonyl (C=O) groups excluding carboxylic acids is 2. The van der Waals surface area contributed by atoms with Gasteiger partial charge < -0.3 is 15.0 Å². The van der Waals surface area contributed by atoms with Gasteiger partial charge in [0.05, 0.1) is 12.6 Å². The molecule has 1 aliphatic heterocycles. The summed E-state index contributed by atoms with van der Waals surface area (Å²) in [5, 5.41) is 3.52. The molecule has 0 radical (unpaired) electrons. The van der Waals surface area contributed by atoms with Crippen LogP contribution in [0.25, 0.3) is 0 Å². The molecule has 0 saturated carbocycles. The lowest BCUT2D eigenvalue weighted by atomic mass is 9.86. The lowest BCUT2D eigenvalue weighted by Gasteiger charge is -2.35. The summed E-state index contributed by atoms with van der Waals surface area (Å²) >= 11 is 5.93. The lowest BCUT2D eigenvalue weighted by molar-refractivity contribution is -0.140. The van der Waals surface area contributed by atoms with Gasteiger partial charge in [0.15, 0.2) is 6.10 Å². The highest BCUT2D eigenvalue weighted by Crippen LogP contribution is 2.38. The predicted octanol–water partition coefficient (Wildman–Crippen LogP) is 5.78. The summed E-state index contributed by atoms with van der Waals surface area (Å²) in [6, 6.07) is 20.7. The van der Waals surface area contributed by atoms with Gasteiger partial charge in [0.25, 0.3) is 11.8 Å². The molecular formula is C27H25ClN2O3. The number of amides is 2. The second-order valence-corrected chi connectivity index (χ2v) is 9.05. The number of nitrogens with zero attached hydrogens (tertiary/aromatic N) is 1. The second kappa shape index (κ2) is 8.91. The normalized spacial score (nSPS) is 19.7. The summed E-state index contributed by atoms with van der Waals surface area (Å²) < 4.78 is 6.02. The van der Waals surface area contributed by atoms with Crippen molar-refractivity contribution in [2.75, 3.05) is 5.32 Å². The van der Waals surface area contributed by atoms with Gasteiger partial charge in [-0.25, -0.2) is 0 Å². The smallest absolute Gasteiger partial charge is 0.264 e. The molecular weight excluding hydrogens is 436 g/mol. The zero-order chi connectivity index (χ0) is 22.9. The topological polar surface area (TPSA) is 58.6 Å². The van der Waals surface area contributed by atoms with Crippen molar-refractivity contribution in [3.8, 4) is 5.75 Å². The second-order valence-electron chi connectivity index (χ2n) is 8.62. The Balaban J connectivity index is 1.44. The Morgan fingerprint density at radius 2 is 1.85 bits per heavy atom. The van der Waals surface area contributed by atoms with Gasteiger partial charge in [-0.3, -0.25) is 9.59 Å². The first-order valence-corrected chi connectivity index (χ1v) is 11.6. The van der Waals surface area contributed by atoms with Crippen molar-refractivity contribution in [3.63, 3.8) is 0 Å². The van der Waals surface area contributed by atoms with Crippen molar-refractivity contribution in [2.45, 2.75) is 44.9 Å². The van der Waals surface area contributed by atoms with E-state index in [1.165, 1.54) is 11.1 Å². The van der Waals surface area contributed by atoms with Gasteiger partial charge in [0, 0.05) is 21.8 Å². The number of aryl methyl sites for hydroxylation is 1. The summed E-state index contributed by atoms with van der Waals surface area (Å²) in [6.45, 7) is 2.23. The van der Waals surface area contributed by atoms with Crippen LogP contribution in [0.5, 0.6) is 5.75 Å². The molecule has 2 amide bonds. The van der Waals surface area contributed by atoms with Crippen LogP contribution in [0, 0.1) is 0 Å². The Kier molecular flexibility index (Phi) is 5.81. The molecule has 1 heterocycles. The van der Waals surface area contributed by atoms with Gasteiger partial charge >= 0.3 is 0 Å². The van der Waals surface area contributed by atoms with Crippen LogP contribution in [-0.2, 0) is 17.8 Å². The maximum absolute atomic E-state index is 13.3. The molecule has 1 aliphatic carbocycles. The molecule has 0 unspecified atom stereocenters. The highest BCUT2D eigenvalue weighted by Gasteiger charge is 2.35. The van der Waals surface area contributed by atoms with Gasteiger partial charge in [0.2, 0.25) is 0 Å². The maximum atomic E-state index is 13.3. The molecule has 2 aliphatic rings. The van der Waals surface area contributed by atoms with Gasteiger partial charge in [-0.1, -0.05) is 35.9 Å². The van der Waals surface area contributed by atoms with E-state index in [2.05, 4.69) is 23.5 Å². The van der Waals surface area contributed by atoms with Gasteiger partial charge in [-0.2, -0.15) is 0 Å². The SMILES string of the molecule is C[C@H]1Oc2ccc(NC(=O)c3ccc(Cl)cc3)cc2CN([C@H]2CCCc3ccccc32)C1=O. The van der Waals surface area contributed by atoms with E-state index in [-0.39, 0.29) is 17.9 Å². The molecule has 5 nitrogen and oxygen atoms in total. The summed E-state index contributed by atoms with van der Waals surface area (Å²) in [4.78, 5) is 27.9. The molecule has 1 N–H and O–H groups in total. The van der Waals surface area contributed by atoms with E-state index in [9.17, 15) is 9.59 Å². The number of halogens is 1. The number of nitrogens with one attached hydrogen (secondary N) is 1. The van der Waals surface area contributed by atoms with E-state index >= 15 is 0 Å². The lowest BCUT2D eigenvalue weighted by Crippen LogP contribution is -2.41. The largest absolute Gasteiger partial charge is 0.481 e. The fraction of sp³-hybridized carbons (Fsp3) is 0.259. The van der Waals surface area contributed by atoms with Gasteiger partial charge in [-0.15, -0.1) is 0 Å². The molecule has 5 rings (SSSR count). The van der Waals surface area contributed by atoms with Crippen LogP contribution < -0.4 is 10.1 Å². The molecule has 3 aromatic rings. The average Bonchev–Trinajstić information content (AvgIpc) is 2.95. The highest BCUT2D eigenvalue weighted by molar-refractivity contribution is 6.30. The van der Waals surface area contributed by atoms with Crippen molar-refractivity contribution in [1.29, 1.82) is 0 Å². The number of hydrogen-bond donors (Lipinski definition) is 1. The first-order valence-electron chi connectivity index (χ1n) is 11.2. The predicted molar refractivity (Wildman–Crippen MR) is 129 cm³/mol. The van der Waals surface area contributed by atoms with Crippen LogP contribution >= 0.6 is 11.6 Å². The first-order chi connectivity index (χ1) is 16.0. The molecule has 6 heteroatoms. The van der Waals surface area contributed by atoms with Crippen molar-refractivity contribution in [3.05, 3.63) is 94.0 Å². The highest BCUT2D eigenvalue weighted by atomic mass is 35.5. The molecule has 33 heavy (non-hydrogen) atoms. The van der Waals surface area contributed by atoms with E-state index in [0.29, 0.717) is 28.6 Å². The van der Waals surface area contributed by atoms with E-state index in [1.807, 2.05) is 23.1 Å². The molecule has 0 bridgehead atoms. The Hall–Kier alpha value is -3.31. The van der Waals surface area contributed by atoms with Gasteiger partial charge in [0.1, 0.15) is 5.75 Å². The molecule has 0 spiro atoms. The van der Waals surface area contributed by atoms with E-state index < -0.39 is 6.10 Å². The summed E-state index contributed by atoms with van der Waals surface area (Å²) in [5.41, 5.74) is 4.59. The van der Waals surface area contributed by atoms with E-state index in [0.717, 1.165) is 24.8 Å². The molecule has 168 valence electrons. The van der Waals surface area contributed by atoms with Crippen LogP contribution in [-0.4, -0.2) is 22.8 Å². The molecule has 3 aromatic carbocycles. The van der Waals surface area contributed by atoms with Crippen LogP contribution in [0.1, 0.15) is 52.9 Å². The quantitative estimate of drug-likeness (QED) is 0.539. The number of benzene rings is 3. The summed E-state index contributed by atoms with van der Waals surface area (Å²) in [7, 11) is 0. The Morgan fingerprint density at radius 1 is 1.06 bits per heavy atom. The van der Waals surface area contributed by atoms with Crippen LogP contribution in [0.3, 0.4) is 0 Å². The zero-order valence-electron chi connectivity index (χ0n) is 18.4. The number of carbonyl (C=O) groups is 2. The Bertz CT molecular complexity index is 1210. The maximum Gasteiger partial charge on any atom is 0.264 e. The monoisotopic (exact) mass is 460 g/mol.